The van der Waals surface area contributed by atoms with Crippen molar-refractivity contribution >= 4 is 23.4 Å². The molecule has 3 nitrogen and oxygen atoms in total. The Morgan fingerprint density at radius 1 is 1.25 bits per heavy atom. The smallest absolute Gasteiger partial charge is 0.130 e. The fraction of sp³-hybridized carbons (Fsp3) is 0.688. The SMILES string of the molecule is CC(C)(C)Nc1cccc(N2CCSC(C)(C)CC2)n1. The summed E-state index contributed by atoms with van der Waals surface area (Å²) in [4.78, 5) is 7.19. The molecule has 1 fully saturated rings. The van der Waals surface area contributed by atoms with Crippen LogP contribution in [0.4, 0.5) is 11.6 Å². The van der Waals surface area contributed by atoms with Crippen LogP contribution in [0.5, 0.6) is 0 Å². The highest BCUT2D eigenvalue weighted by Gasteiger charge is 2.24. The van der Waals surface area contributed by atoms with Crippen molar-refractivity contribution in [3.05, 3.63) is 18.2 Å². The van der Waals surface area contributed by atoms with E-state index in [0.717, 1.165) is 24.7 Å². The summed E-state index contributed by atoms with van der Waals surface area (Å²) in [6.07, 6.45) is 1.20. The number of hydrogen-bond acceptors (Lipinski definition) is 4. The summed E-state index contributed by atoms with van der Waals surface area (Å²) in [5.74, 6) is 3.23. The van der Waals surface area contributed by atoms with Crippen molar-refractivity contribution in [2.24, 2.45) is 0 Å². The normalized spacial score (nSPS) is 19.6. The van der Waals surface area contributed by atoms with Crippen molar-refractivity contribution in [2.45, 2.75) is 51.3 Å². The molecule has 20 heavy (non-hydrogen) atoms. The van der Waals surface area contributed by atoms with E-state index in [1.807, 2.05) is 6.07 Å². The van der Waals surface area contributed by atoms with Crippen LogP contribution >= 0.6 is 11.8 Å². The van der Waals surface area contributed by atoms with E-state index in [-0.39, 0.29) is 5.54 Å². The number of nitrogens with zero attached hydrogens (tertiary/aromatic N) is 2. The van der Waals surface area contributed by atoms with E-state index >= 15 is 0 Å². The van der Waals surface area contributed by atoms with Crippen molar-refractivity contribution in [2.75, 3.05) is 29.1 Å². The second kappa shape index (κ2) is 5.84. The molecule has 1 saturated heterocycles. The summed E-state index contributed by atoms with van der Waals surface area (Å²) in [6.45, 7) is 13.3. The topological polar surface area (TPSA) is 28.2 Å². The Labute approximate surface area is 127 Å². The third-order valence-electron chi connectivity index (χ3n) is 3.40. The maximum atomic E-state index is 4.78. The van der Waals surface area contributed by atoms with Crippen LogP contribution in [-0.2, 0) is 0 Å². The van der Waals surface area contributed by atoms with Gasteiger partial charge in [-0.3, -0.25) is 0 Å². The third-order valence-corrected chi connectivity index (χ3v) is 4.77. The molecule has 1 aliphatic heterocycles. The van der Waals surface area contributed by atoms with Crippen LogP contribution < -0.4 is 10.2 Å². The number of pyridine rings is 1. The molecule has 4 heteroatoms. The van der Waals surface area contributed by atoms with Gasteiger partial charge < -0.3 is 10.2 Å². The van der Waals surface area contributed by atoms with E-state index in [4.69, 9.17) is 4.98 Å². The van der Waals surface area contributed by atoms with Crippen LogP contribution in [0.25, 0.3) is 0 Å². The summed E-state index contributed by atoms with van der Waals surface area (Å²) < 4.78 is 0.385. The zero-order valence-corrected chi connectivity index (χ0v) is 14.2. The van der Waals surface area contributed by atoms with Gasteiger partial charge in [-0.15, -0.1) is 0 Å². The summed E-state index contributed by atoms with van der Waals surface area (Å²) in [7, 11) is 0. The van der Waals surface area contributed by atoms with Crippen LogP contribution in [0.2, 0.25) is 0 Å². The molecule has 0 atom stereocenters. The molecule has 2 heterocycles. The molecule has 0 spiro atoms. The number of thioether (sulfide) groups is 1. The summed E-state index contributed by atoms with van der Waals surface area (Å²) in [5.41, 5.74) is 0.0439. The molecule has 0 bridgehead atoms. The Balaban J connectivity index is 2.10. The fourth-order valence-corrected chi connectivity index (χ4v) is 3.40. The van der Waals surface area contributed by atoms with Crippen LogP contribution in [0.1, 0.15) is 41.0 Å². The molecule has 1 aromatic heterocycles. The number of nitrogens with one attached hydrogen (secondary N) is 1. The molecule has 1 aliphatic rings. The highest BCUT2D eigenvalue weighted by molar-refractivity contribution is 8.00. The van der Waals surface area contributed by atoms with Gasteiger partial charge in [0.05, 0.1) is 0 Å². The fourth-order valence-electron chi connectivity index (χ4n) is 2.30. The van der Waals surface area contributed by atoms with E-state index in [1.165, 1.54) is 12.2 Å². The monoisotopic (exact) mass is 293 g/mol. The zero-order chi connectivity index (χ0) is 14.8. The Hall–Kier alpha value is -0.900. The van der Waals surface area contributed by atoms with Gasteiger partial charge in [0.1, 0.15) is 11.6 Å². The van der Waals surface area contributed by atoms with Gasteiger partial charge in [0.25, 0.3) is 0 Å². The second-order valence-corrected chi connectivity index (χ2v) is 8.90. The first-order valence-corrected chi connectivity index (χ1v) is 8.38. The Morgan fingerprint density at radius 2 is 2.00 bits per heavy atom. The van der Waals surface area contributed by atoms with Gasteiger partial charge in [-0.25, -0.2) is 4.98 Å². The summed E-state index contributed by atoms with van der Waals surface area (Å²) >= 11 is 2.07. The average molecular weight is 293 g/mol. The number of aromatic nitrogens is 1. The van der Waals surface area contributed by atoms with Crippen LogP contribution in [-0.4, -0.2) is 34.1 Å². The largest absolute Gasteiger partial charge is 0.365 e. The van der Waals surface area contributed by atoms with Gasteiger partial charge in [-0.05, 0) is 39.3 Å². The second-order valence-electron chi connectivity index (χ2n) is 7.10. The molecule has 1 N–H and O–H groups in total. The lowest BCUT2D eigenvalue weighted by Gasteiger charge is -2.25. The van der Waals surface area contributed by atoms with Crippen molar-refractivity contribution in [3.8, 4) is 0 Å². The van der Waals surface area contributed by atoms with Gasteiger partial charge in [0.15, 0.2) is 0 Å². The van der Waals surface area contributed by atoms with Gasteiger partial charge in [-0.2, -0.15) is 11.8 Å². The highest BCUT2D eigenvalue weighted by Crippen LogP contribution is 2.32. The lowest BCUT2D eigenvalue weighted by atomic mass is 10.1. The maximum absolute atomic E-state index is 4.78. The Kier molecular flexibility index (Phi) is 4.52. The minimum atomic E-state index is 0.0439. The van der Waals surface area contributed by atoms with Gasteiger partial charge in [0.2, 0.25) is 0 Å². The summed E-state index contributed by atoms with van der Waals surface area (Å²) in [6, 6.07) is 6.27. The first-order valence-electron chi connectivity index (χ1n) is 7.39. The molecule has 2 rings (SSSR count). The minimum Gasteiger partial charge on any atom is -0.365 e. The van der Waals surface area contributed by atoms with Crippen molar-refractivity contribution in [1.82, 2.24) is 4.98 Å². The predicted molar refractivity (Wildman–Crippen MR) is 91.0 cm³/mol. The van der Waals surface area contributed by atoms with E-state index in [9.17, 15) is 0 Å². The number of hydrogen-bond donors (Lipinski definition) is 1. The van der Waals surface area contributed by atoms with Gasteiger partial charge in [0, 0.05) is 29.1 Å². The first-order chi connectivity index (χ1) is 9.25. The van der Waals surface area contributed by atoms with E-state index in [1.54, 1.807) is 0 Å². The van der Waals surface area contributed by atoms with Crippen LogP contribution in [0.15, 0.2) is 18.2 Å². The molecule has 112 valence electrons. The van der Waals surface area contributed by atoms with Crippen LogP contribution in [0.3, 0.4) is 0 Å². The first kappa shape index (κ1) is 15.5. The van der Waals surface area contributed by atoms with E-state index < -0.39 is 0 Å². The predicted octanol–water partition coefficient (Wildman–Crippen LogP) is 4.01. The van der Waals surface area contributed by atoms with Crippen molar-refractivity contribution < 1.29 is 0 Å². The van der Waals surface area contributed by atoms with E-state index in [2.05, 4.69) is 68.7 Å². The molecule has 0 amide bonds. The molecule has 1 aromatic rings. The number of anilines is 2. The molecule has 0 aromatic carbocycles. The zero-order valence-electron chi connectivity index (χ0n) is 13.4. The van der Waals surface area contributed by atoms with Crippen LogP contribution in [0, 0.1) is 0 Å². The van der Waals surface area contributed by atoms with Crippen molar-refractivity contribution in [3.63, 3.8) is 0 Å². The number of rotatable bonds is 2. The maximum Gasteiger partial charge on any atom is 0.130 e. The van der Waals surface area contributed by atoms with E-state index in [0.29, 0.717) is 4.75 Å². The molecule has 0 aliphatic carbocycles. The molecule has 0 radical (unpaired) electrons. The molecular formula is C16H27N3S. The third kappa shape index (κ3) is 4.58. The Bertz CT molecular complexity index is 451. The van der Waals surface area contributed by atoms with Gasteiger partial charge >= 0.3 is 0 Å². The van der Waals surface area contributed by atoms with Crippen molar-refractivity contribution in [1.29, 1.82) is 0 Å². The molecular weight excluding hydrogens is 266 g/mol. The Morgan fingerprint density at radius 3 is 2.70 bits per heavy atom. The summed E-state index contributed by atoms with van der Waals surface area (Å²) in [5, 5.41) is 3.45. The lowest BCUT2D eigenvalue weighted by Crippen LogP contribution is -2.29. The average Bonchev–Trinajstić information content (AvgIpc) is 2.48. The minimum absolute atomic E-state index is 0.0439. The van der Waals surface area contributed by atoms with Gasteiger partial charge in [-0.1, -0.05) is 19.9 Å². The highest BCUT2D eigenvalue weighted by atomic mass is 32.2. The standard InChI is InChI=1S/C16H27N3S/c1-15(2,3)18-13-7-6-8-14(17-13)19-10-9-16(4,5)20-12-11-19/h6-8H,9-12H2,1-5H3,(H,17,18). The lowest BCUT2D eigenvalue weighted by molar-refractivity contribution is 0.626. The molecule has 0 saturated carbocycles. The quantitative estimate of drug-likeness (QED) is 0.891. The molecule has 0 unspecified atom stereocenters.